The average Bonchev–Trinajstić information content (AvgIpc) is 2.42. The number of hydrogen-bond donors (Lipinski definition) is 2. The second-order valence-electron chi connectivity index (χ2n) is 5.99. The van der Waals surface area contributed by atoms with Gasteiger partial charge in [-0.2, -0.15) is 0 Å². The number of aryl methyl sites for hydroxylation is 1. The highest BCUT2D eigenvalue weighted by Crippen LogP contribution is 2.21. The molecule has 1 aromatic rings. The maximum Gasteiger partial charge on any atom is 0.0294 e. The highest BCUT2D eigenvalue weighted by Gasteiger charge is 2.20. The van der Waals surface area contributed by atoms with Gasteiger partial charge in [0.1, 0.15) is 0 Å². The molecule has 0 saturated heterocycles. The molecule has 2 rings (SSSR count). The van der Waals surface area contributed by atoms with Crippen molar-refractivity contribution in [2.45, 2.75) is 70.5 Å². The van der Waals surface area contributed by atoms with E-state index in [1.807, 2.05) is 0 Å². The molecule has 0 aliphatic heterocycles. The van der Waals surface area contributed by atoms with Gasteiger partial charge >= 0.3 is 0 Å². The summed E-state index contributed by atoms with van der Waals surface area (Å²) in [4.78, 5) is 0. The van der Waals surface area contributed by atoms with Crippen LogP contribution in [0.3, 0.4) is 0 Å². The monoisotopic (exact) mass is 260 g/mol. The standard InChI is InChI=1S/C17H28N2/c1-3-4-14-5-7-15(8-6-14)13(2)19-17-11-9-16(18)10-12-17/h5-8,13,16-17,19H,3-4,9-12,18H2,1-2H3. The van der Waals surface area contributed by atoms with Crippen LogP contribution in [0.2, 0.25) is 0 Å². The largest absolute Gasteiger partial charge is 0.328 e. The Labute approximate surface area is 117 Å². The maximum atomic E-state index is 5.96. The number of hydrogen-bond acceptors (Lipinski definition) is 2. The summed E-state index contributed by atoms with van der Waals surface area (Å²) in [6.07, 6.45) is 7.18. The average molecular weight is 260 g/mol. The first-order valence-corrected chi connectivity index (χ1v) is 7.79. The van der Waals surface area contributed by atoms with E-state index in [1.165, 1.54) is 49.7 Å². The Morgan fingerprint density at radius 1 is 1.16 bits per heavy atom. The first-order valence-electron chi connectivity index (χ1n) is 7.79. The number of nitrogens with one attached hydrogen (secondary N) is 1. The van der Waals surface area contributed by atoms with Gasteiger partial charge in [0.25, 0.3) is 0 Å². The van der Waals surface area contributed by atoms with E-state index in [0.29, 0.717) is 18.1 Å². The van der Waals surface area contributed by atoms with Gasteiger partial charge in [-0.25, -0.2) is 0 Å². The van der Waals surface area contributed by atoms with Gasteiger partial charge in [0.2, 0.25) is 0 Å². The molecule has 1 unspecified atom stereocenters. The smallest absolute Gasteiger partial charge is 0.0294 e. The third-order valence-electron chi connectivity index (χ3n) is 4.28. The van der Waals surface area contributed by atoms with Crippen LogP contribution in [0.25, 0.3) is 0 Å². The van der Waals surface area contributed by atoms with Crippen molar-refractivity contribution >= 4 is 0 Å². The molecular weight excluding hydrogens is 232 g/mol. The lowest BCUT2D eigenvalue weighted by Crippen LogP contribution is -2.38. The van der Waals surface area contributed by atoms with Gasteiger partial charge in [-0.05, 0) is 50.2 Å². The van der Waals surface area contributed by atoms with Crippen molar-refractivity contribution in [2.24, 2.45) is 5.73 Å². The summed E-state index contributed by atoms with van der Waals surface area (Å²) in [6.45, 7) is 4.50. The predicted molar refractivity (Wildman–Crippen MR) is 82.2 cm³/mol. The van der Waals surface area contributed by atoms with E-state index in [2.05, 4.69) is 43.4 Å². The zero-order chi connectivity index (χ0) is 13.7. The van der Waals surface area contributed by atoms with Gasteiger partial charge in [0.15, 0.2) is 0 Å². The molecule has 0 radical (unpaired) electrons. The van der Waals surface area contributed by atoms with Crippen molar-refractivity contribution in [3.05, 3.63) is 35.4 Å². The molecule has 0 amide bonds. The number of benzene rings is 1. The minimum Gasteiger partial charge on any atom is -0.328 e. The maximum absolute atomic E-state index is 5.96. The Morgan fingerprint density at radius 3 is 2.37 bits per heavy atom. The topological polar surface area (TPSA) is 38.0 Å². The lowest BCUT2D eigenvalue weighted by Gasteiger charge is -2.29. The Morgan fingerprint density at radius 2 is 1.79 bits per heavy atom. The Bertz CT molecular complexity index is 363. The summed E-state index contributed by atoms with van der Waals surface area (Å²) in [5.41, 5.74) is 8.80. The third kappa shape index (κ3) is 4.32. The van der Waals surface area contributed by atoms with Crippen LogP contribution in [0.1, 0.15) is 63.1 Å². The zero-order valence-corrected chi connectivity index (χ0v) is 12.4. The second-order valence-corrected chi connectivity index (χ2v) is 5.99. The summed E-state index contributed by atoms with van der Waals surface area (Å²) < 4.78 is 0. The molecule has 0 spiro atoms. The van der Waals surface area contributed by atoms with Crippen molar-refractivity contribution < 1.29 is 0 Å². The van der Waals surface area contributed by atoms with Crippen molar-refractivity contribution in [1.29, 1.82) is 0 Å². The molecule has 106 valence electrons. The van der Waals surface area contributed by atoms with E-state index in [1.54, 1.807) is 0 Å². The first kappa shape index (κ1) is 14.5. The Kier molecular flexibility index (Phi) is 5.41. The summed E-state index contributed by atoms with van der Waals surface area (Å²) in [6, 6.07) is 10.6. The number of nitrogens with two attached hydrogens (primary N) is 1. The van der Waals surface area contributed by atoms with Gasteiger partial charge in [-0.3, -0.25) is 0 Å². The lowest BCUT2D eigenvalue weighted by atomic mass is 9.91. The minimum absolute atomic E-state index is 0.432. The van der Waals surface area contributed by atoms with E-state index < -0.39 is 0 Å². The molecular formula is C17H28N2. The van der Waals surface area contributed by atoms with Crippen LogP contribution in [0.15, 0.2) is 24.3 Å². The van der Waals surface area contributed by atoms with E-state index in [-0.39, 0.29) is 0 Å². The Balaban J connectivity index is 1.86. The second kappa shape index (κ2) is 7.06. The first-order chi connectivity index (χ1) is 9.19. The van der Waals surface area contributed by atoms with Gasteiger partial charge in [0, 0.05) is 18.1 Å². The normalized spacial score (nSPS) is 25.2. The van der Waals surface area contributed by atoms with Crippen molar-refractivity contribution in [1.82, 2.24) is 5.32 Å². The quantitative estimate of drug-likeness (QED) is 0.849. The van der Waals surface area contributed by atoms with Gasteiger partial charge in [-0.1, -0.05) is 37.6 Å². The van der Waals surface area contributed by atoms with Crippen LogP contribution < -0.4 is 11.1 Å². The van der Waals surface area contributed by atoms with Crippen molar-refractivity contribution in [3.63, 3.8) is 0 Å². The molecule has 3 N–H and O–H groups in total. The fraction of sp³-hybridized carbons (Fsp3) is 0.647. The van der Waals surface area contributed by atoms with Crippen LogP contribution in [0.5, 0.6) is 0 Å². The molecule has 1 fully saturated rings. The van der Waals surface area contributed by atoms with E-state index >= 15 is 0 Å². The van der Waals surface area contributed by atoms with Crippen LogP contribution in [-0.2, 0) is 6.42 Å². The predicted octanol–water partition coefficient (Wildman–Crippen LogP) is 3.56. The van der Waals surface area contributed by atoms with Gasteiger partial charge in [0.05, 0.1) is 0 Å². The van der Waals surface area contributed by atoms with Crippen molar-refractivity contribution in [2.75, 3.05) is 0 Å². The number of rotatable bonds is 5. The van der Waals surface area contributed by atoms with Gasteiger partial charge < -0.3 is 11.1 Å². The fourth-order valence-corrected chi connectivity index (χ4v) is 3.00. The summed E-state index contributed by atoms with van der Waals surface area (Å²) in [7, 11) is 0. The summed E-state index contributed by atoms with van der Waals surface area (Å²) in [5.74, 6) is 0. The SMILES string of the molecule is CCCc1ccc(C(C)NC2CCC(N)CC2)cc1. The molecule has 1 aromatic carbocycles. The van der Waals surface area contributed by atoms with E-state index in [9.17, 15) is 0 Å². The van der Waals surface area contributed by atoms with E-state index in [4.69, 9.17) is 5.73 Å². The minimum atomic E-state index is 0.432. The van der Waals surface area contributed by atoms with Crippen LogP contribution >= 0.6 is 0 Å². The fourth-order valence-electron chi connectivity index (χ4n) is 3.00. The molecule has 0 heterocycles. The van der Waals surface area contributed by atoms with Crippen LogP contribution in [0, 0.1) is 0 Å². The highest BCUT2D eigenvalue weighted by molar-refractivity contribution is 5.24. The van der Waals surface area contributed by atoms with Crippen LogP contribution in [-0.4, -0.2) is 12.1 Å². The van der Waals surface area contributed by atoms with Crippen molar-refractivity contribution in [3.8, 4) is 0 Å². The molecule has 1 atom stereocenters. The Hall–Kier alpha value is -0.860. The molecule has 19 heavy (non-hydrogen) atoms. The molecule has 0 bridgehead atoms. The summed E-state index contributed by atoms with van der Waals surface area (Å²) in [5, 5.41) is 3.75. The molecule has 0 aromatic heterocycles. The van der Waals surface area contributed by atoms with Gasteiger partial charge in [-0.15, -0.1) is 0 Å². The molecule has 2 nitrogen and oxygen atoms in total. The molecule has 2 heteroatoms. The highest BCUT2D eigenvalue weighted by atomic mass is 14.9. The zero-order valence-electron chi connectivity index (χ0n) is 12.4. The van der Waals surface area contributed by atoms with Crippen LogP contribution in [0.4, 0.5) is 0 Å². The molecule has 1 aliphatic carbocycles. The lowest BCUT2D eigenvalue weighted by molar-refractivity contribution is 0.322. The molecule has 1 aliphatic rings. The van der Waals surface area contributed by atoms with E-state index in [0.717, 1.165) is 0 Å². The molecule has 1 saturated carbocycles. The third-order valence-corrected chi connectivity index (χ3v) is 4.28. The summed E-state index contributed by atoms with van der Waals surface area (Å²) >= 11 is 0.